The van der Waals surface area contributed by atoms with Crippen LogP contribution in [0.3, 0.4) is 0 Å². The Morgan fingerprint density at radius 1 is 0.328 bits per heavy atom. The quantitative estimate of drug-likeness (QED) is 0.166. The molecule has 5 aromatic carbocycles. The smallest absolute Gasteiger partial charge is 0.238 e. The third-order valence-corrected chi connectivity index (χ3v) is 18.2. The third-order valence-electron chi connectivity index (χ3n) is 13.1. The van der Waals surface area contributed by atoms with Crippen molar-refractivity contribution in [3.05, 3.63) is 143 Å². The summed E-state index contributed by atoms with van der Waals surface area (Å²) in [5.41, 5.74) is 21.1. The summed E-state index contributed by atoms with van der Waals surface area (Å²) in [5.74, 6) is 0. The van der Waals surface area contributed by atoms with Gasteiger partial charge in [-0.15, -0.1) is 0 Å². The number of hydrogen-bond acceptors (Lipinski definition) is 8. The van der Waals surface area contributed by atoms with Crippen LogP contribution in [0.1, 0.15) is 45.6 Å². The predicted octanol–water partition coefficient (Wildman–Crippen LogP) is 7.79. The van der Waals surface area contributed by atoms with Crippen molar-refractivity contribution in [1.82, 2.24) is 39.1 Å². The van der Waals surface area contributed by atoms with E-state index in [0.717, 1.165) is 68.3 Å². The summed E-state index contributed by atoms with van der Waals surface area (Å²) in [6.07, 6.45) is 0. The molecular weight excluding hydrogens is 862 g/mol. The van der Waals surface area contributed by atoms with Crippen LogP contribution in [0.2, 0.25) is 0 Å². The molecule has 0 bridgehead atoms. The molecule has 0 aliphatic carbocycles. The molecule has 0 spiro atoms. The highest BCUT2D eigenvalue weighted by Gasteiger charge is 2.47. The van der Waals surface area contributed by atoms with Gasteiger partial charge >= 0.3 is 0 Å². The number of aryl methyl sites for hydroxylation is 8. The van der Waals surface area contributed by atoms with E-state index in [-0.39, 0.29) is 13.4 Å². The molecular formula is C50H40B2N8S4. The van der Waals surface area contributed by atoms with E-state index in [4.69, 9.17) is 20.4 Å². The summed E-state index contributed by atoms with van der Waals surface area (Å²) in [6.45, 7) is 16.9. The first-order chi connectivity index (χ1) is 30.9. The van der Waals surface area contributed by atoms with Gasteiger partial charge in [0, 0.05) is 61.9 Å². The number of nitrogens with zero attached hydrogens (tertiary/aromatic N) is 8. The van der Waals surface area contributed by atoms with Crippen molar-refractivity contribution in [2.75, 3.05) is 0 Å². The standard InChI is InChI=1S/C50H40B2N8S4/c1-25-17-29(5)57(53-25)33-9-13-41-37(21-33)51-38-22-34(58-30(6)18-26(2)54-58)10-14-42(38)62-48-45(51)47(61-41)49-46-50(48)64-44-16-12-36(60-32(8)20-28(4)56-60)24-40(44)52(46)39-23-35(11-15-43(39)63-49)59-31(7)19-27(3)55-59/h9-24H,1-8H3. The highest BCUT2D eigenvalue weighted by Crippen LogP contribution is 2.51. The Hall–Kier alpha value is -5.53. The van der Waals surface area contributed by atoms with E-state index < -0.39 is 0 Å². The monoisotopic (exact) mass is 902 g/mol. The van der Waals surface area contributed by atoms with Crippen LogP contribution in [0.25, 0.3) is 22.7 Å². The maximum atomic E-state index is 4.95. The zero-order valence-electron chi connectivity index (χ0n) is 36.6. The average Bonchev–Trinajstić information content (AvgIpc) is 4.03. The minimum Gasteiger partial charge on any atom is -0.238 e. The Bertz CT molecular complexity index is 3090. The molecule has 4 aliphatic rings. The molecule has 14 heteroatoms. The molecule has 0 saturated heterocycles. The fraction of sp³-hybridized carbons (Fsp3) is 0.160. The van der Waals surface area contributed by atoms with E-state index in [9.17, 15) is 0 Å². The van der Waals surface area contributed by atoms with Crippen LogP contribution >= 0.6 is 47.0 Å². The molecule has 0 unspecified atom stereocenters. The molecule has 9 aromatic rings. The molecule has 0 saturated carbocycles. The lowest BCUT2D eigenvalue weighted by Gasteiger charge is -2.41. The predicted molar refractivity (Wildman–Crippen MR) is 264 cm³/mol. The normalized spacial score (nSPS) is 13.9. The van der Waals surface area contributed by atoms with Crippen LogP contribution in [0.5, 0.6) is 0 Å². The van der Waals surface area contributed by atoms with Crippen molar-refractivity contribution in [3.63, 3.8) is 0 Å². The van der Waals surface area contributed by atoms with E-state index >= 15 is 0 Å². The summed E-state index contributed by atoms with van der Waals surface area (Å²) in [7, 11) is 0. The summed E-state index contributed by atoms with van der Waals surface area (Å²) in [5, 5.41) is 19.8. The molecule has 64 heavy (non-hydrogen) atoms. The van der Waals surface area contributed by atoms with Crippen molar-refractivity contribution in [1.29, 1.82) is 0 Å². The van der Waals surface area contributed by atoms with Gasteiger partial charge in [-0.1, -0.05) is 68.9 Å². The number of fused-ring (bicyclic) bond motifs is 10. The van der Waals surface area contributed by atoms with Crippen molar-refractivity contribution in [2.45, 2.75) is 94.6 Å². The number of rotatable bonds is 4. The Balaban J connectivity index is 1.08. The summed E-state index contributed by atoms with van der Waals surface area (Å²) in [6, 6.07) is 36.7. The molecule has 0 amide bonds. The van der Waals surface area contributed by atoms with Crippen molar-refractivity contribution < 1.29 is 0 Å². The fourth-order valence-electron chi connectivity index (χ4n) is 10.5. The van der Waals surface area contributed by atoms with Crippen LogP contribution in [-0.2, 0) is 0 Å². The molecule has 8 nitrogen and oxygen atoms in total. The molecule has 0 fully saturated rings. The molecule has 0 atom stereocenters. The van der Waals surface area contributed by atoms with Gasteiger partial charge in [0.25, 0.3) is 0 Å². The molecule has 0 N–H and O–H groups in total. The van der Waals surface area contributed by atoms with E-state index in [1.165, 1.54) is 71.9 Å². The summed E-state index contributed by atoms with van der Waals surface area (Å²) >= 11 is 7.80. The lowest BCUT2D eigenvalue weighted by Crippen LogP contribution is -2.62. The van der Waals surface area contributed by atoms with Gasteiger partial charge in [0.1, 0.15) is 0 Å². The van der Waals surface area contributed by atoms with E-state index in [0.29, 0.717) is 0 Å². The second-order valence-corrected chi connectivity index (χ2v) is 21.9. The van der Waals surface area contributed by atoms with Crippen LogP contribution in [0.15, 0.2) is 136 Å². The van der Waals surface area contributed by atoms with Gasteiger partial charge < -0.3 is 0 Å². The Labute approximate surface area is 389 Å². The second kappa shape index (κ2) is 14.0. The lowest BCUT2D eigenvalue weighted by molar-refractivity contribution is 0.833. The van der Waals surface area contributed by atoms with E-state index in [1.807, 2.05) is 47.0 Å². The molecule has 310 valence electrons. The maximum Gasteiger partial charge on any atom is 0.247 e. The number of aromatic nitrogens is 8. The minimum atomic E-state index is 0.0112. The second-order valence-electron chi connectivity index (χ2n) is 17.7. The van der Waals surface area contributed by atoms with Crippen LogP contribution < -0.4 is 32.8 Å². The maximum absolute atomic E-state index is 4.95. The number of hydrogen-bond donors (Lipinski definition) is 0. The Morgan fingerprint density at radius 2 is 0.562 bits per heavy atom. The zero-order chi connectivity index (χ0) is 43.4. The van der Waals surface area contributed by atoms with E-state index in [1.54, 1.807) is 0 Å². The Kier molecular flexibility index (Phi) is 8.50. The van der Waals surface area contributed by atoms with Crippen LogP contribution in [0, 0.1) is 55.4 Å². The van der Waals surface area contributed by atoms with Gasteiger partial charge in [-0.25, -0.2) is 18.7 Å². The molecule has 8 heterocycles. The lowest BCUT2D eigenvalue weighted by atomic mass is 9.34. The number of benzene rings is 5. The van der Waals surface area contributed by atoms with Gasteiger partial charge in [-0.05, 0) is 163 Å². The van der Waals surface area contributed by atoms with Crippen molar-refractivity contribution in [3.8, 4) is 22.7 Å². The third kappa shape index (κ3) is 5.71. The Morgan fingerprint density at radius 3 is 0.766 bits per heavy atom. The van der Waals surface area contributed by atoms with Gasteiger partial charge in [-0.2, -0.15) is 20.4 Å². The van der Waals surface area contributed by atoms with Crippen LogP contribution in [0.4, 0.5) is 0 Å². The van der Waals surface area contributed by atoms with Crippen molar-refractivity contribution >= 4 is 93.2 Å². The SMILES string of the molecule is Cc1cc(C)n(-c2ccc3c(c2)B2c4cc(-n5nc(C)cc5C)ccc4Sc4c5c6c(c(c42)S3)Sc2ccc(-n3nc(C)cc3C)cc2B6c2cc(-n3nc(C)cc3C)ccc2S5)n1. The van der Waals surface area contributed by atoms with Gasteiger partial charge in [-0.3, -0.25) is 0 Å². The van der Waals surface area contributed by atoms with E-state index in [2.05, 4.69) is 171 Å². The topological polar surface area (TPSA) is 71.3 Å². The van der Waals surface area contributed by atoms with Crippen molar-refractivity contribution in [2.24, 2.45) is 0 Å². The van der Waals surface area contributed by atoms with Gasteiger partial charge in [0.2, 0.25) is 13.4 Å². The highest BCUT2D eigenvalue weighted by atomic mass is 32.2. The first kappa shape index (κ1) is 38.9. The summed E-state index contributed by atoms with van der Waals surface area (Å²) in [4.78, 5) is 10.7. The van der Waals surface area contributed by atoms with Gasteiger partial charge in [0.05, 0.1) is 45.5 Å². The molecule has 4 aliphatic heterocycles. The zero-order valence-corrected chi connectivity index (χ0v) is 39.9. The molecule has 0 radical (unpaired) electrons. The fourth-order valence-corrected chi connectivity index (χ4v) is 15.9. The van der Waals surface area contributed by atoms with Gasteiger partial charge in [0.15, 0.2) is 0 Å². The first-order valence-corrected chi connectivity index (χ1v) is 24.9. The first-order valence-electron chi connectivity index (χ1n) is 21.6. The molecule has 4 aromatic heterocycles. The summed E-state index contributed by atoms with van der Waals surface area (Å²) < 4.78 is 8.40. The largest absolute Gasteiger partial charge is 0.247 e. The minimum absolute atomic E-state index is 0.0112. The molecule has 13 rings (SSSR count). The average molecular weight is 903 g/mol. The van der Waals surface area contributed by atoms with Crippen LogP contribution in [-0.4, -0.2) is 52.5 Å². The highest BCUT2D eigenvalue weighted by molar-refractivity contribution is 8.05.